The number of fused-ring (bicyclic) bond motifs is 1. The van der Waals surface area contributed by atoms with Crippen LogP contribution in [0.4, 0.5) is 9.59 Å². The molecule has 1 N–H and O–H groups in total. The minimum absolute atomic E-state index is 0.210. The molecule has 0 unspecified atom stereocenters. The van der Waals surface area contributed by atoms with Crippen molar-refractivity contribution in [2.75, 3.05) is 6.54 Å². The molecule has 158 valence electrons. The molecule has 0 radical (unpaired) electrons. The van der Waals surface area contributed by atoms with Gasteiger partial charge in [0, 0.05) is 18.7 Å². The second-order valence-corrected chi connectivity index (χ2v) is 8.15. The fourth-order valence-electron chi connectivity index (χ4n) is 3.13. The molecule has 0 fully saturated rings. The Morgan fingerprint density at radius 1 is 1.03 bits per heavy atom. The second kappa shape index (κ2) is 8.98. The Hall–Kier alpha value is -3.35. The number of benzene rings is 2. The zero-order chi connectivity index (χ0) is 21.7. The fraction of sp³-hybridized carbons (Fsp3) is 0.348. The topological polar surface area (TPSA) is 84.9 Å². The van der Waals surface area contributed by atoms with Gasteiger partial charge in [0.05, 0.1) is 0 Å². The van der Waals surface area contributed by atoms with Gasteiger partial charge in [-0.15, -0.1) is 0 Å². The first kappa shape index (κ1) is 21.4. The largest absolute Gasteiger partial charge is 0.445 e. The SMILES string of the molecule is CC(C)(C)OC(=O)NC(=O)c1ccc2c(c1)CN(C(=O)OCc1ccccc1)CC2. The number of ether oxygens (including phenoxy) is 2. The molecule has 1 heterocycles. The van der Waals surface area contributed by atoms with Crippen molar-refractivity contribution in [2.24, 2.45) is 0 Å². The predicted molar refractivity (Wildman–Crippen MR) is 111 cm³/mol. The Kier molecular flexibility index (Phi) is 6.40. The second-order valence-electron chi connectivity index (χ2n) is 8.15. The summed E-state index contributed by atoms with van der Waals surface area (Å²) in [5.74, 6) is -0.546. The van der Waals surface area contributed by atoms with Gasteiger partial charge in [-0.1, -0.05) is 36.4 Å². The first-order valence-corrected chi connectivity index (χ1v) is 9.83. The van der Waals surface area contributed by atoms with Gasteiger partial charge in [0.2, 0.25) is 0 Å². The molecule has 0 saturated heterocycles. The van der Waals surface area contributed by atoms with Crippen molar-refractivity contribution in [2.45, 2.75) is 45.9 Å². The smallest absolute Gasteiger partial charge is 0.414 e. The third-order valence-electron chi connectivity index (χ3n) is 4.56. The lowest BCUT2D eigenvalue weighted by atomic mass is 9.97. The lowest BCUT2D eigenvalue weighted by Crippen LogP contribution is -2.37. The summed E-state index contributed by atoms with van der Waals surface area (Å²) >= 11 is 0. The number of alkyl carbamates (subject to hydrolysis) is 1. The van der Waals surface area contributed by atoms with E-state index in [0.29, 0.717) is 25.1 Å². The molecule has 0 bridgehead atoms. The lowest BCUT2D eigenvalue weighted by molar-refractivity contribution is 0.0508. The number of imide groups is 1. The lowest BCUT2D eigenvalue weighted by Gasteiger charge is -2.28. The summed E-state index contributed by atoms with van der Waals surface area (Å²) in [7, 11) is 0. The number of hydrogen-bond acceptors (Lipinski definition) is 5. The molecule has 1 aliphatic rings. The number of nitrogens with one attached hydrogen (secondary N) is 1. The highest BCUT2D eigenvalue weighted by Crippen LogP contribution is 2.21. The van der Waals surface area contributed by atoms with Crippen LogP contribution in [0.5, 0.6) is 0 Å². The quantitative estimate of drug-likeness (QED) is 0.825. The zero-order valence-corrected chi connectivity index (χ0v) is 17.4. The van der Waals surface area contributed by atoms with E-state index in [-0.39, 0.29) is 6.61 Å². The summed E-state index contributed by atoms with van der Waals surface area (Å²) in [6.45, 7) is 6.27. The predicted octanol–water partition coefficient (Wildman–Crippen LogP) is 4.05. The van der Waals surface area contributed by atoms with Gasteiger partial charge in [0.15, 0.2) is 0 Å². The van der Waals surface area contributed by atoms with Gasteiger partial charge >= 0.3 is 12.2 Å². The molecule has 0 saturated carbocycles. The maximum Gasteiger partial charge on any atom is 0.414 e. The van der Waals surface area contributed by atoms with Gasteiger partial charge < -0.3 is 14.4 Å². The van der Waals surface area contributed by atoms with E-state index in [1.807, 2.05) is 36.4 Å². The van der Waals surface area contributed by atoms with E-state index in [2.05, 4.69) is 5.32 Å². The normalized spacial score (nSPS) is 13.2. The highest BCUT2D eigenvalue weighted by molar-refractivity contribution is 6.03. The summed E-state index contributed by atoms with van der Waals surface area (Å²) in [5, 5.41) is 2.23. The minimum atomic E-state index is -0.795. The van der Waals surface area contributed by atoms with Crippen LogP contribution < -0.4 is 5.32 Å². The number of nitrogens with zero attached hydrogens (tertiary/aromatic N) is 1. The molecule has 30 heavy (non-hydrogen) atoms. The van der Waals surface area contributed by atoms with Crippen LogP contribution in [-0.2, 0) is 29.0 Å². The Morgan fingerprint density at radius 2 is 1.77 bits per heavy atom. The van der Waals surface area contributed by atoms with Crippen molar-refractivity contribution in [3.05, 3.63) is 70.8 Å². The van der Waals surface area contributed by atoms with Gasteiger partial charge in [-0.3, -0.25) is 10.1 Å². The zero-order valence-electron chi connectivity index (χ0n) is 17.4. The molecular weight excluding hydrogens is 384 g/mol. The maximum absolute atomic E-state index is 12.4. The minimum Gasteiger partial charge on any atom is -0.445 e. The van der Waals surface area contributed by atoms with Crippen LogP contribution in [-0.4, -0.2) is 35.1 Å². The van der Waals surface area contributed by atoms with Crippen LogP contribution in [0.1, 0.15) is 47.8 Å². The van der Waals surface area contributed by atoms with Gasteiger partial charge in [-0.05, 0) is 56.0 Å². The number of amides is 3. The van der Waals surface area contributed by atoms with Crippen LogP contribution in [0.15, 0.2) is 48.5 Å². The third-order valence-corrected chi connectivity index (χ3v) is 4.56. The molecule has 2 aromatic rings. The van der Waals surface area contributed by atoms with E-state index in [4.69, 9.17) is 9.47 Å². The van der Waals surface area contributed by atoms with Crippen molar-refractivity contribution in [3.63, 3.8) is 0 Å². The summed E-state index contributed by atoms with van der Waals surface area (Å²) < 4.78 is 10.5. The molecule has 0 aliphatic carbocycles. The fourth-order valence-corrected chi connectivity index (χ4v) is 3.13. The van der Waals surface area contributed by atoms with Crippen molar-refractivity contribution in [1.29, 1.82) is 0 Å². The monoisotopic (exact) mass is 410 g/mol. The van der Waals surface area contributed by atoms with Crippen LogP contribution in [0.3, 0.4) is 0 Å². The van der Waals surface area contributed by atoms with E-state index >= 15 is 0 Å². The number of hydrogen-bond donors (Lipinski definition) is 1. The van der Waals surface area contributed by atoms with Crippen molar-refractivity contribution >= 4 is 18.1 Å². The third kappa shape index (κ3) is 5.83. The molecule has 3 rings (SSSR count). The standard InChI is InChI=1S/C23H26N2O5/c1-23(2,3)30-21(27)24-20(26)18-10-9-17-11-12-25(14-19(17)13-18)22(28)29-15-16-7-5-4-6-8-16/h4-10,13H,11-12,14-15H2,1-3H3,(H,24,26,27). The van der Waals surface area contributed by atoms with E-state index < -0.39 is 23.7 Å². The van der Waals surface area contributed by atoms with Gasteiger partial charge in [-0.2, -0.15) is 0 Å². The summed E-state index contributed by atoms with van der Waals surface area (Å²) in [6, 6.07) is 14.7. The van der Waals surface area contributed by atoms with Crippen LogP contribution >= 0.6 is 0 Å². The summed E-state index contributed by atoms with van der Waals surface area (Å²) in [5.41, 5.74) is 2.48. The molecule has 3 amide bonds. The molecule has 7 nitrogen and oxygen atoms in total. The Morgan fingerprint density at radius 3 is 2.47 bits per heavy atom. The van der Waals surface area contributed by atoms with Crippen LogP contribution in [0.2, 0.25) is 0 Å². The summed E-state index contributed by atoms with van der Waals surface area (Å²) in [4.78, 5) is 38.3. The average molecular weight is 410 g/mol. The van der Waals surface area contributed by atoms with Crippen molar-refractivity contribution < 1.29 is 23.9 Å². The molecule has 2 aromatic carbocycles. The molecular formula is C23H26N2O5. The molecule has 7 heteroatoms. The molecule has 0 aromatic heterocycles. The van der Waals surface area contributed by atoms with E-state index in [1.165, 1.54) is 0 Å². The van der Waals surface area contributed by atoms with Crippen LogP contribution in [0.25, 0.3) is 0 Å². The number of carbonyl (C=O) groups excluding carboxylic acids is 3. The van der Waals surface area contributed by atoms with E-state index in [9.17, 15) is 14.4 Å². The van der Waals surface area contributed by atoms with Gasteiger partial charge in [0.25, 0.3) is 5.91 Å². The highest BCUT2D eigenvalue weighted by Gasteiger charge is 2.24. The average Bonchev–Trinajstić information content (AvgIpc) is 2.70. The molecule has 0 spiro atoms. The summed E-state index contributed by atoms with van der Waals surface area (Å²) in [6.07, 6.45) is -0.520. The van der Waals surface area contributed by atoms with Gasteiger partial charge in [0.1, 0.15) is 12.2 Å². The molecule has 1 aliphatic heterocycles. The first-order valence-electron chi connectivity index (χ1n) is 9.83. The Bertz CT molecular complexity index is 934. The maximum atomic E-state index is 12.4. The molecule has 0 atom stereocenters. The Balaban J connectivity index is 1.61. The van der Waals surface area contributed by atoms with Crippen LogP contribution in [0, 0.1) is 0 Å². The number of carbonyl (C=O) groups is 3. The van der Waals surface area contributed by atoms with E-state index in [1.54, 1.807) is 37.8 Å². The first-order chi connectivity index (χ1) is 14.2. The number of rotatable bonds is 3. The van der Waals surface area contributed by atoms with Gasteiger partial charge in [-0.25, -0.2) is 9.59 Å². The van der Waals surface area contributed by atoms with E-state index in [0.717, 1.165) is 16.7 Å². The highest BCUT2D eigenvalue weighted by atomic mass is 16.6. The Labute approximate surface area is 176 Å². The van der Waals surface area contributed by atoms with Crippen molar-refractivity contribution in [1.82, 2.24) is 10.2 Å². The van der Waals surface area contributed by atoms with Crippen molar-refractivity contribution in [3.8, 4) is 0 Å².